The molecule has 1 aromatic rings. The van der Waals surface area contributed by atoms with Crippen molar-refractivity contribution in [2.24, 2.45) is 4.99 Å². The molecule has 0 aromatic heterocycles. The lowest BCUT2D eigenvalue weighted by Gasteiger charge is -2.19. The van der Waals surface area contributed by atoms with Crippen molar-refractivity contribution in [2.75, 3.05) is 33.3 Å². The minimum atomic E-state index is -4.45. The second-order valence-corrected chi connectivity index (χ2v) is 6.16. The molecule has 1 aromatic carbocycles. The number of benzene rings is 1. The number of aliphatic imine (C=N–C) groups is 1. The Morgan fingerprint density at radius 3 is 2.78 bits per heavy atom. The topological polar surface area (TPSA) is 66.0 Å². The second kappa shape index (κ2) is 9.48. The van der Waals surface area contributed by atoms with Crippen LogP contribution in [0, 0.1) is 0 Å². The Morgan fingerprint density at radius 1 is 1.37 bits per heavy atom. The van der Waals surface area contributed by atoms with Crippen LogP contribution >= 0.6 is 0 Å². The van der Waals surface area contributed by atoms with Gasteiger partial charge in [0.2, 0.25) is 5.91 Å². The van der Waals surface area contributed by atoms with Crippen LogP contribution in [-0.2, 0) is 11.0 Å². The van der Waals surface area contributed by atoms with Gasteiger partial charge in [-0.05, 0) is 18.6 Å². The molecule has 0 bridgehead atoms. The van der Waals surface area contributed by atoms with Gasteiger partial charge in [-0.3, -0.25) is 9.79 Å². The number of para-hydroxylation sites is 1. The van der Waals surface area contributed by atoms with E-state index in [1.807, 2.05) is 11.8 Å². The van der Waals surface area contributed by atoms with Crippen LogP contribution in [0.5, 0.6) is 5.75 Å². The normalized spacial score (nSPS) is 17.7. The van der Waals surface area contributed by atoms with E-state index in [2.05, 4.69) is 15.6 Å². The molecule has 0 spiro atoms. The molecule has 9 heteroatoms. The third-order valence-corrected chi connectivity index (χ3v) is 4.25. The van der Waals surface area contributed by atoms with Crippen LogP contribution < -0.4 is 15.4 Å². The molecule has 1 saturated heterocycles. The summed E-state index contributed by atoms with van der Waals surface area (Å²) >= 11 is 0. The average Bonchev–Trinajstić information content (AvgIpc) is 3.11. The van der Waals surface area contributed by atoms with Gasteiger partial charge in [0.05, 0.1) is 12.1 Å². The third kappa shape index (κ3) is 6.04. The van der Waals surface area contributed by atoms with Gasteiger partial charge in [-0.15, -0.1) is 0 Å². The highest BCUT2D eigenvalue weighted by Crippen LogP contribution is 2.35. The summed E-state index contributed by atoms with van der Waals surface area (Å²) in [6.45, 7) is 3.50. The first kappa shape index (κ1) is 20.9. The van der Waals surface area contributed by atoms with Crippen molar-refractivity contribution in [1.82, 2.24) is 15.5 Å². The van der Waals surface area contributed by atoms with Gasteiger partial charge in [0.1, 0.15) is 12.4 Å². The predicted octanol–water partition coefficient (Wildman–Crippen LogP) is 2.26. The van der Waals surface area contributed by atoms with Crippen molar-refractivity contribution in [1.29, 1.82) is 0 Å². The van der Waals surface area contributed by atoms with Crippen LogP contribution in [0.15, 0.2) is 29.3 Å². The first-order valence-electron chi connectivity index (χ1n) is 8.89. The van der Waals surface area contributed by atoms with Gasteiger partial charge in [0.15, 0.2) is 5.96 Å². The van der Waals surface area contributed by atoms with E-state index in [1.54, 1.807) is 7.05 Å². The predicted molar refractivity (Wildman–Crippen MR) is 96.7 cm³/mol. The summed E-state index contributed by atoms with van der Waals surface area (Å²) in [5.74, 6) is 0.455. The number of hydrogen-bond acceptors (Lipinski definition) is 3. The summed E-state index contributed by atoms with van der Waals surface area (Å²) < 4.78 is 44.1. The third-order valence-electron chi connectivity index (χ3n) is 4.25. The Labute approximate surface area is 156 Å². The lowest BCUT2D eigenvalue weighted by Crippen LogP contribution is -2.46. The Morgan fingerprint density at radius 2 is 2.11 bits per heavy atom. The molecule has 1 amide bonds. The van der Waals surface area contributed by atoms with Crippen LogP contribution in [0.4, 0.5) is 13.2 Å². The summed E-state index contributed by atoms with van der Waals surface area (Å²) in [6.07, 6.45) is -3.15. The molecule has 0 aliphatic carbocycles. The first-order chi connectivity index (χ1) is 12.8. The van der Waals surface area contributed by atoms with Crippen molar-refractivity contribution in [3.8, 4) is 5.75 Å². The Balaban J connectivity index is 1.77. The van der Waals surface area contributed by atoms with Crippen LogP contribution in [0.2, 0.25) is 0 Å². The average molecular weight is 386 g/mol. The Hall–Kier alpha value is -2.45. The van der Waals surface area contributed by atoms with Gasteiger partial charge in [-0.2, -0.15) is 13.2 Å². The van der Waals surface area contributed by atoms with Gasteiger partial charge in [-0.25, -0.2) is 0 Å². The number of rotatable bonds is 6. The Kier molecular flexibility index (Phi) is 7.32. The monoisotopic (exact) mass is 386 g/mol. The van der Waals surface area contributed by atoms with Crippen molar-refractivity contribution in [3.05, 3.63) is 29.8 Å². The van der Waals surface area contributed by atoms with Gasteiger partial charge in [0.25, 0.3) is 0 Å². The van der Waals surface area contributed by atoms with Gasteiger partial charge >= 0.3 is 6.18 Å². The molecule has 2 N–H and O–H groups in total. The lowest BCUT2D eigenvalue weighted by molar-refractivity contribution is -0.139. The van der Waals surface area contributed by atoms with E-state index in [-0.39, 0.29) is 30.9 Å². The van der Waals surface area contributed by atoms with Crippen LogP contribution in [0.1, 0.15) is 25.3 Å². The van der Waals surface area contributed by atoms with Gasteiger partial charge < -0.3 is 20.3 Å². The van der Waals surface area contributed by atoms with E-state index in [0.29, 0.717) is 25.5 Å². The van der Waals surface area contributed by atoms with E-state index in [1.165, 1.54) is 18.2 Å². The molecule has 6 nitrogen and oxygen atoms in total. The van der Waals surface area contributed by atoms with Crippen LogP contribution in [0.25, 0.3) is 0 Å². The minimum absolute atomic E-state index is 0.0545. The maximum absolute atomic E-state index is 12.9. The fourth-order valence-corrected chi connectivity index (χ4v) is 2.87. The number of guanidine groups is 1. The zero-order chi connectivity index (χ0) is 19.9. The molecule has 1 heterocycles. The number of amides is 1. The second-order valence-electron chi connectivity index (χ2n) is 6.16. The van der Waals surface area contributed by atoms with Crippen molar-refractivity contribution in [3.63, 3.8) is 0 Å². The smallest absolute Gasteiger partial charge is 0.419 e. The number of nitrogens with one attached hydrogen (secondary N) is 2. The number of hydrogen-bond donors (Lipinski definition) is 2. The summed E-state index contributed by atoms with van der Waals surface area (Å²) in [7, 11) is 1.61. The number of carbonyl (C=O) groups excluding carboxylic acids is 1. The summed E-state index contributed by atoms with van der Waals surface area (Å²) in [5.41, 5.74) is -0.792. The number of carbonyl (C=O) groups is 1. The largest absolute Gasteiger partial charge is 0.491 e. The molecule has 1 unspecified atom stereocenters. The molecule has 1 aliphatic heterocycles. The van der Waals surface area contributed by atoms with Crippen molar-refractivity contribution >= 4 is 11.9 Å². The summed E-state index contributed by atoms with van der Waals surface area (Å²) in [4.78, 5) is 17.6. The number of likely N-dealkylation sites (tertiary alicyclic amines) is 1. The van der Waals surface area contributed by atoms with Crippen molar-refractivity contribution in [2.45, 2.75) is 32.0 Å². The number of ether oxygens (including phenoxy) is 1. The first-order valence-corrected chi connectivity index (χ1v) is 8.89. The van der Waals surface area contributed by atoms with E-state index in [9.17, 15) is 18.0 Å². The van der Waals surface area contributed by atoms with E-state index in [4.69, 9.17) is 4.74 Å². The van der Waals surface area contributed by atoms with E-state index in [0.717, 1.165) is 12.5 Å². The zero-order valence-corrected chi connectivity index (χ0v) is 15.5. The van der Waals surface area contributed by atoms with E-state index >= 15 is 0 Å². The highest BCUT2D eigenvalue weighted by Gasteiger charge is 2.34. The zero-order valence-electron chi connectivity index (χ0n) is 15.5. The Bertz CT molecular complexity index is 664. The molecule has 0 saturated carbocycles. The van der Waals surface area contributed by atoms with Crippen molar-refractivity contribution < 1.29 is 22.7 Å². The SMILES string of the molecule is CCC(=O)N1CCC(NC(=NC)NCCOc2ccccc2C(F)(F)F)C1. The number of alkyl halides is 3. The molecule has 1 atom stereocenters. The molecular formula is C18H25F3N4O2. The maximum atomic E-state index is 12.9. The fourth-order valence-electron chi connectivity index (χ4n) is 2.87. The molecular weight excluding hydrogens is 361 g/mol. The van der Waals surface area contributed by atoms with E-state index < -0.39 is 11.7 Å². The summed E-state index contributed by atoms with van der Waals surface area (Å²) in [6, 6.07) is 5.22. The lowest BCUT2D eigenvalue weighted by atomic mass is 10.2. The van der Waals surface area contributed by atoms with Crippen LogP contribution in [0.3, 0.4) is 0 Å². The molecule has 1 aliphatic rings. The fraction of sp³-hybridized carbons (Fsp3) is 0.556. The highest BCUT2D eigenvalue weighted by atomic mass is 19.4. The molecule has 1 fully saturated rings. The highest BCUT2D eigenvalue weighted by molar-refractivity contribution is 5.80. The molecule has 0 radical (unpaired) electrons. The number of halogens is 3. The van der Waals surface area contributed by atoms with Gasteiger partial charge in [0, 0.05) is 32.6 Å². The standard InChI is InChI=1S/C18H25F3N4O2/c1-3-16(26)25-10-8-13(12-25)24-17(22-2)23-9-11-27-15-7-5-4-6-14(15)18(19,20)21/h4-7,13H,3,8-12H2,1-2H3,(H2,22,23,24). The summed E-state index contributed by atoms with van der Waals surface area (Å²) in [5, 5.41) is 6.23. The molecule has 27 heavy (non-hydrogen) atoms. The quantitative estimate of drug-likeness (QED) is 0.447. The van der Waals surface area contributed by atoms with Crippen LogP contribution in [-0.4, -0.2) is 56.1 Å². The van der Waals surface area contributed by atoms with Gasteiger partial charge in [-0.1, -0.05) is 19.1 Å². The minimum Gasteiger partial charge on any atom is -0.491 e. The molecule has 150 valence electrons. The molecule has 2 rings (SSSR count). The number of nitrogens with zero attached hydrogens (tertiary/aromatic N) is 2. The maximum Gasteiger partial charge on any atom is 0.419 e.